The van der Waals surface area contributed by atoms with E-state index >= 15 is 0 Å². The number of aromatic nitrogens is 1. The van der Waals surface area contributed by atoms with Crippen LogP contribution in [0.5, 0.6) is 0 Å². The van der Waals surface area contributed by atoms with Gasteiger partial charge in [-0.15, -0.1) is 11.3 Å². The fourth-order valence-corrected chi connectivity index (χ4v) is 3.38. The molecule has 0 aliphatic heterocycles. The molecule has 0 amide bonds. The summed E-state index contributed by atoms with van der Waals surface area (Å²) >= 11 is 1.47. The molecule has 27 heavy (non-hydrogen) atoms. The minimum absolute atomic E-state index is 0.333. The van der Waals surface area contributed by atoms with Gasteiger partial charge in [-0.1, -0.05) is 30.3 Å². The molecule has 4 rings (SSSR count). The van der Waals surface area contributed by atoms with Gasteiger partial charge < -0.3 is 9.73 Å². The maximum atomic E-state index is 11.6. The maximum Gasteiger partial charge on any atom is 0.336 e. The van der Waals surface area contributed by atoms with E-state index in [2.05, 4.69) is 15.3 Å². The molecule has 0 spiro atoms. The highest BCUT2D eigenvalue weighted by molar-refractivity contribution is 7.13. The molecule has 2 aromatic carbocycles. The Kier molecular flexibility index (Phi) is 4.56. The van der Waals surface area contributed by atoms with Crippen LogP contribution in [0.15, 0.2) is 68.1 Å². The number of aliphatic imine (C=N–C) groups is 1. The zero-order chi connectivity index (χ0) is 18.8. The molecule has 5 nitrogen and oxygen atoms in total. The van der Waals surface area contributed by atoms with Gasteiger partial charge in [-0.3, -0.25) is 0 Å². The van der Waals surface area contributed by atoms with Crippen molar-refractivity contribution in [1.29, 1.82) is 0 Å². The van der Waals surface area contributed by atoms with E-state index < -0.39 is 0 Å². The van der Waals surface area contributed by atoms with Gasteiger partial charge in [-0.05, 0) is 42.7 Å². The summed E-state index contributed by atoms with van der Waals surface area (Å²) in [6.45, 7) is 3.86. The molecule has 0 aliphatic carbocycles. The topological polar surface area (TPSA) is 67.5 Å². The predicted molar refractivity (Wildman–Crippen MR) is 111 cm³/mol. The summed E-state index contributed by atoms with van der Waals surface area (Å²) < 4.78 is 5.29. The minimum Gasteiger partial charge on any atom is -0.423 e. The predicted octanol–water partition coefficient (Wildman–Crippen LogP) is 5.36. The molecule has 0 bridgehead atoms. The number of rotatable bonds is 4. The van der Waals surface area contributed by atoms with E-state index in [0.717, 1.165) is 33.6 Å². The van der Waals surface area contributed by atoms with Crippen molar-refractivity contribution in [2.24, 2.45) is 4.99 Å². The van der Waals surface area contributed by atoms with Crippen molar-refractivity contribution < 1.29 is 4.42 Å². The number of benzene rings is 2. The first kappa shape index (κ1) is 17.2. The Morgan fingerprint density at radius 2 is 1.93 bits per heavy atom. The van der Waals surface area contributed by atoms with Gasteiger partial charge in [0.25, 0.3) is 0 Å². The number of hydrogen-bond acceptors (Lipinski definition) is 6. The van der Waals surface area contributed by atoms with Gasteiger partial charge >= 0.3 is 5.63 Å². The second kappa shape index (κ2) is 7.17. The van der Waals surface area contributed by atoms with Gasteiger partial charge in [0, 0.05) is 28.7 Å². The third-order valence-electron chi connectivity index (χ3n) is 4.17. The molecule has 0 atom stereocenters. The van der Waals surface area contributed by atoms with Crippen LogP contribution in [0.3, 0.4) is 0 Å². The van der Waals surface area contributed by atoms with Gasteiger partial charge in [-0.25, -0.2) is 14.8 Å². The van der Waals surface area contributed by atoms with Crippen molar-refractivity contribution in [3.8, 4) is 0 Å². The van der Waals surface area contributed by atoms with Gasteiger partial charge in [0.15, 0.2) is 0 Å². The molecule has 2 aromatic heterocycles. The fraction of sp³-hybridized carbons (Fsp3) is 0.0952. The number of nitrogens with one attached hydrogen (secondary N) is 1. The van der Waals surface area contributed by atoms with E-state index in [-0.39, 0.29) is 5.63 Å². The summed E-state index contributed by atoms with van der Waals surface area (Å²) in [4.78, 5) is 20.5. The molecule has 0 aliphatic rings. The van der Waals surface area contributed by atoms with E-state index in [0.29, 0.717) is 10.7 Å². The molecular formula is C21H17N3O2S. The standard InChI is InChI=1S/C21H17N3O2S/c1-13-9-20(25)26-18-8-14(2)17(10-16(13)18)23-19-12-27-21(24-19)22-11-15-6-4-3-5-7-15/h3-12,23H,1-2H3/b22-11+. The molecule has 0 radical (unpaired) electrons. The normalized spacial score (nSPS) is 11.3. The number of fused-ring (bicyclic) bond motifs is 1. The van der Waals surface area contributed by atoms with E-state index in [1.165, 1.54) is 17.4 Å². The Morgan fingerprint density at radius 3 is 2.74 bits per heavy atom. The lowest BCUT2D eigenvalue weighted by Crippen LogP contribution is -2.00. The second-order valence-corrected chi connectivity index (χ2v) is 7.06. The number of thiazole rings is 1. The van der Waals surface area contributed by atoms with Crippen molar-refractivity contribution in [2.75, 3.05) is 5.32 Å². The van der Waals surface area contributed by atoms with E-state index in [4.69, 9.17) is 4.42 Å². The SMILES string of the molecule is Cc1cc2oc(=O)cc(C)c2cc1Nc1csc(/N=C/c2ccccc2)n1. The smallest absolute Gasteiger partial charge is 0.336 e. The van der Waals surface area contributed by atoms with Crippen LogP contribution in [0.4, 0.5) is 16.6 Å². The lowest BCUT2D eigenvalue weighted by atomic mass is 10.1. The first-order chi connectivity index (χ1) is 13.1. The van der Waals surface area contributed by atoms with Gasteiger partial charge in [0.1, 0.15) is 11.4 Å². The van der Waals surface area contributed by atoms with Crippen LogP contribution in [-0.2, 0) is 0 Å². The van der Waals surface area contributed by atoms with Crippen LogP contribution >= 0.6 is 11.3 Å². The zero-order valence-electron chi connectivity index (χ0n) is 14.9. The molecule has 4 aromatic rings. The lowest BCUT2D eigenvalue weighted by molar-refractivity contribution is 0.559. The highest BCUT2D eigenvalue weighted by Crippen LogP contribution is 2.29. The van der Waals surface area contributed by atoms with Crippen LogP contribution in [0, 0.1) is 13.8 Å². The number of anilines is 2. The molecule has 0 fully saturated rings. The summed E-state index contributed by atoms with van der Waals surface area (Å²) in [5.41, 5.74) is 4.07. The summed E-state index contributed by atoms with van der Waals surface area (Å²) in [6, 6.07) is 15.3. The average Bonchev–Trinajstić information content (AvgIpc) is 3.09. The van der Waals surface area contributed by atoms with Gasteiger partial charge in [0.05, 0.1) is 0 Å². The van der Waals surface area contributed by atoms with Crippen LogP contribution < -0.4 is 10.9 Å². The quantitative estimate of drug-likeness (QED) is 0.385. The Bertz CT molecular complexity index is 1190. The third-order valence-corrected chi connectivity index (χ3v) is 4.92. The molecule has 0 saturated heterocycles. The minimum atomic E-state index is -0.333. The number of aryl methyl sites for hydroxylation is 2. The largest absolute Gasteiger partial charge is 0.423 e. The Balaban J connectivity index is 1.59. The maximum absolute atomic E-state index is 11.6. The molecule has 0 unspecified atom stereocenters. The van der Waals surface area contributed by atoms with Crippen LogP contribution in [0.1, 0.15) is 16.7 Å². The Labute approximate surface area is 160 Å². The third kappa shape index (κ3) is 3.80. The van der Waals surface area contributed by atoms with Crippen molar-refractivity contribution >= 4 is 45.2 Å². The van der Waals surface area contributed by atoms with E-state index in [1.54, 1.807) is 6.21 Å². The number of nitrogens with zero attached hydrogens (tertiary/aromatic N) is 2. The molecule has 0 saturated carbocycles. The van der Waals surface area contributed by atoms with Crippen LogP contribution in [0.25, 0.3) is 11.0 Å². The summed E-state index contributed by atoms with van der Waals surface area (Å²) in [5.74, 6) is 0.734. The highest BCUT2D eigenvalue weighted by Gasteiger charge is 2.09. The number of hydrogen-bond donors (Lipinski definition) is 1. The summed E-state index contributed by atoms with van der Waals surface area (Å²) in [5, 5.41) is 6.85. The van der Waals surface area contributed by atoms with Crippen molar-refractivity contribution in [1.82, 2.24) is 4.98 Å². The Morgan fingerprint density at radius 1 is 1.11 bits per heavy atom. The van der Waals surface area contributed by atoms with E-state index in [1.807, 2.05) is 61.7 Å². The fourth-order valence-electron chi connectivity index (χ4n) is 2.79. The monoisotopic (exact) mass is 375 g/mol. The van der Waals surface area contributed by atoms with Crippen molar-refractivity contribution in [3.05, 3.63) is 81.0 Å². The Hall–Kier alpha value is -3.25. The van der Waals surface area contributed by atoms with Crippen LogP contribution in [-0.4, -0.2) is 11.2 Å². The van der Waals surface area contributed by atoms with Crippen molar-refractivity contribution in [2.45, 2.75) is 13.8 Å². The molecule has 6 heteroatoms. The van der Waals surface area contributed by atoms with Crippen molar-refractivity contribution in [3.63, 3.8) is 0 Å². The first-order valence-corrected chi connectivity index (χ1v) is 9.33. The second-order valence-electron chi connectivity index (χ2n) is 6.22. The lowest BCUT2D eigenvalue weighted by Gasteiger charge is -2.09. The highest BCUT2D eigenvalue weighted by atomic mass is 32.1. The average molecular weight is 375 g/mol. The molecule has 1 N–H and O–H groups in total. The van der Waals surface area contributed by atoms with E-state index in [9.17, 15) is 4.79 Å². The first-order valence-electron chi connectivity index (χ1n) is 8.45. The molecule has 2 heterocycles. The molecule has 134 valence electrons. The van der Waals surface area contributed by atoms with Gasteiger partial charge in [-0.2, -0.15) is 0 Å². The zero-order valence-corrected chi connectivity index (χ0v) is 15.7. The summed E-state index contributed by atoms with van der Waals surface area (Å²) in [6.07, 6.45) is 1.80. The molecular weight excluding hydrogens is 358 g/mol. The summed E-state index contributed by atoms with van der Waals surface area (Å²) in [7, 11) is 0. The van der Waals surface area contributed by atoms with Crippen LogP contribution in [0.2, 0.25) is 0 Å². The van der Waals surface area contributed by atoms with Gasteiger partial charge in [0.2, 0.25) is 5.13 Å².